The number of ether oxygens (including phenoxy) is 1. The Kier molecular flexibility index (Phi) is 7.42. The molecule has 0 radical (unpaired) electrons. The van der Waals surface area contributed by atoms with Gasteiger partial charge in [-0.3, -0.25) is 8.89 Å². The fourth-order valence-electron chi connectivity index (χ4n) is 4.47. The highest BCUT2D eigenvalue weighted by Crippen LogP contribution is 2.39. The van der Waals surface area contributed by atoms with Crippen molar-refractivity contribution in [2.24, 2.45) is 13.0 Å². The monoisotopic (exact) mass is 543 g/mol. The predicted molar refractivity (Wildman–Crippen MR) is 148 cm³/mol. The van der Waals surface area contributed by atoms with Crippen molar-refractivity contribution in [2.75, 3.05) is 36.5 Å². The zero-order valence-corrected chi connectivity index (χ0v) is 23.5. The molecule has 1 saturated heterocycles. The summed E-state index contributed by atoms with van der Waals surface area (Å²) in [7, 11) is 2.69. The van der Waals surface area contributed by atoms with Gasteiger partial charge >= 0.3 is 0 Å². The van der Waals surface area contributed by atoms with E-state index in [1.807, 2.05) is 13.8 Å². The summed E-state index contributed by atoms with van der Waals surface area (Å²) in [6.07, 6.45) is 5.74. The van der Waals surface area contributed by atoms with E-state index < -0.39 is 10.8 Å². The van der Waals surface area contributed by atoms with E-state index in [0.29, 0.717) is 39.2 Å². The molecule has 1 aliphatic carbocycles. The van der Waals surface area contributed by atoms with Crippen LogP contribution in [-0.4, -0.2) is 60.9 Å². The quantitative estimate of drug-likeness (QED) is 0.369. The summed E-state index contributed by atoms with van der Waals surface area (Å²) in [4.78, 5) is 11.4. The van der Waals surface area contributed by atoms with Gasteiger partial charge in [0.1, 0.15) is 10.8 Å². The Balaban J connectivity index is 1.40. The summed E-state index contributed by atoms with van der Waals surface area (Å²) in [6, 6.07) is 4.29. The molecule has 1 unspecified atom stereocenters. The molecule has 0 amide bonds. The summed E-state index contributed by atoms with van der Waals surface area (Å²) >= 11 is 6.45. The first-order valence-corrected chi connectivity index (χ1v) is 14.3. The van der Waals surface area contributed by atoms with Crippen LogP contribution >= 0.6 is 11.6 Å². The molecular formula is C26H34ClN7O2S. The van der Waals surface area contributed by atoms with Gasteiger partial charge in [0.05, 0.1) is 34.5 Å². The summed E-state index contributed by atoms with van der Waals surface area (Å²) in [5, 5.41) is 11.8. The van der Waals surface area contributed by atoms with Crippen molar-refractivity contribution < 1.29 is 8.95 Å². The van der Waals surface area contributed by atoms with Gasteiger partial charge in [-0.15, -0.1) is 0 Å². The summed E-state index contributed by atoms with van der Waals surface area (Å²) in [6.45, 7) is 8.32. The number of likely N-dealkylation sites (N-methyl/N-ethyl adjacent to an activating group) is 1. The van der Waals surface area contributed by atoms with Crippen LogP contribution in [0.5, 0.6) is 5.75 Å². The number of nitrogens with one attached hydrogen (secondary N) is 2. The maximum atomic E-state index is 12.9. The molecule has 1 aromatic carbocycles. The van der Waals surface area contributed by atoms with Gasteiger partial charge in [0.25, 0.3) is 0 Å². The van der Waals surface area contributed by atoms with E-state index in [2.05, 4.69) is 56.7 Å². The first-order chi connectivity index (χ1) is 17.7. The van der Waals surface area contributed by atoms with E-state index >= 15 is 0 Å². The van der Waals surface area contributed by atoms with E-state index in [-0.39, 0.29) is 12.0 Å². The fourth-order valence-corrected chi connectivity index (χ4v) is 5.94. The zero-order chi connectivity index (χ0) is 26.3. The Morgan fingerprint density at radius 2 is 1.95 bits per heavy atom. The molecule has 1 saturated carbocycles. The maximum absolute atomic E-state index is 12.9. The molecule has 11 heteroatoms. The van der Waals surface area contributed by atoms with Crippen LogP contribution in [0.2, 0.25) is 5.02 Å². The molecule has 0 bridgehead atoms. The third-order valence-electron chi connectivity index (χ3n) is 6.43. The summed E-state index contributed by atoms with van der Waals surface area (Å²) in [5.41, 5.74) is 3.98. The van der Waals surface area contributed by atoms with E-state index in [4.69, 9.17) is 16.3 Å². The molecule has 3 aromatic rings. The highest BCUT2D eigenvalue weighted by molar-refractivity contribution is 7.85. The number of likely N-dealkylation sites (tertiary alicyclic amines) is 1. The average molecular weight is 544 g/mol. The number of aryl methyl sites for hydroxylation is 2. The normalized spacial score (nSPS) is 17.1. The molecule has 37 heavy (non-hydrogen) atoms. The van der Waals surface area contributed by atoms with Gasteiger partial charge in [0.2, 0.25) is 5.95 Å². The molecular weight excluding hydrogens is 510 g/mol. The lowest BCUT2D eigenvalue weighted by molar-refractivity contribution is 0.189. The molecule has 2 aromatic heterocycles. The van der Waals surface area contributed by atoms with E-state index in [1.54, 1.807) is 24.1 Å². The Hall–Kier alpha value is -2.69. The largest absolute Gasteiger partial charge is 0.488 e. The van der Waals surface area contributed by atoms with Crippen LogP contribution in [0.15, 0.2) is 29.6 Å². The lowest BCUT2D eigenvalue weighted by atomic mass is 9.88. The predicted octanol–water partition coefficient (Wildman–Crippen LogP) is 4.99. The minimum Gasteiger partial charge on any atom is -0.488 e. The Morgan fingerprint density at radius 3 is 2.62 bits per heavy atom. The minimum absolute atomic E-state index is 0.263. The highest BCUT2D eigenvalue weighted by Gasteiger charge is 2.29. The molecule has 9 nitrogen and oxygen atoms in total. The van der Waals surface area contributed by atoms with Crippen LogP contribution in [-0.2, 0) is 17.8 Å². The van der Waals surface area contributed by atoms with Gasteiger partial charge in [0, 0.05) is 38.0 Å². The number of nitrogens with zero attached hydrogens (tertiary/aromatic N) is 5. The van der Waals surface area contributed by atoms with Crippen LogP contribution < -0.4 is 15.4 Å². The van der Waals surface area contributed by atoms with Gasteiger partial charge < -0.3 is 20.3 Å². The van der Waals surface area contributed by atoms with Gasteiger partial charge in [-0.05, 0) is 56.0 Å². The number of hydrogen-bond donors (Lipinski definition) is 2. The maximum Gasteiger partial charge on any atom is 0.229 e. The fraction of sp³-hybridized carbons (Fsp3) is 0.500. The average Bonchev–Trinajstić information content (AvgIpc) is 3.55. The summed E-state index contributed by atoms with van der Waals surface area (Å²) < 4.78 is 20.8. The van der Waals surface area contributed by atoms with Crippen molar-refractivity contribution >= 4 is 45.5 Å². The van der Waals surface area contributed by atoms with Crippen molar-refractivity contribution in [1.82, 2.24) is 24.6 Å². The van der Waals surface area contributed by atoms with Crippen molar-refractivity contribution in [2.45, 2.75) is 50.7 Å². The number of hydrogen-bond acceptors (Lipinski definition) is 8. The molecule has 2 aliphatic rings. The molecule has 2 fully saturated rings. The molecule has 5 rings (SSSR count). The Bertz CT molecular complexity index is 1320. The number of rotatable bonds is 10. The lowest BCUT2D eigenvalue weighted by Crippen LogP contribution is -2.42. The second kappa shape index (κ2) is 10.6. The first kappa shape index (κ1) is 25.9. The van der Waals surface area contributed by atoms with Crippen LogP contribution in [0.1, 0.15) is 43.7 Å². The van der Waals surface area contributed by atoms with Gasteiger partial charge in [0.15, 0.2) is 10.8 Å². The molecule has 2 N–H and O–H groups in total. The standard InChI is InChI=1S/C26H34ClN7O2S/c1-15(2)14-37(35)25-22(13-34(5)32-25)29-24-20(27)10-28-26(31-24)30-21-8-16(3)19(17-11-33(4)12-17)9-23(21)36-18-6-7-18/h8-10,13,15,17-18H,6-7,11-12,14H2,1-5H3,(H2,28,29,30,31). The minimum atomic E-state index is -1.25. The van der Waals surface area contributed by atoms with Crippen LogP contribution in [0.3, 0.4) is 0 Å². The topological polar surface area (TPSA) is 97.2 Å². The molecule has 1 aliphatic heterocycles. The Labute approximate surface area is 225 Å². The second-order valence-corrected chi connectivity index (χ2v) is 12.3. The summed E-state index contributed by atoms with van der Waals surface area (Å²) in [5.74, 6) is 2.94. The third-order valence-corrected chi connectivity index (χ3v) is 8.41. The zero-order valence-electron chi connectivity index (χ0n) is 21.9. The molecule has 3 heterocycles. The number of halogens is 1. The third kappa shape index (κ3) is 6.08. The van der Waals surface area contributed by atoms with Crippen molar-refractivity contribution in [1.29, 1.82) is 0 Å². The van der Waals surface area contributed by atoms with Gasteiger partial charge in [-0.2, -0.15) is 10.1 Å². The van der Waals surface area contributed by atoms with Crippen molar-refractivity contribution in [3.8, 4) is 5.75 Å². The number of anilines is 4. The molecule has 0 spiro atoms. The second-order valence-electron chi connectivity index (χ2n) is 10.5. The Morgan fingerprint density at radius 1 is 1.19 bits per heavy atom. The lowest BCUT2D eigenvalue weighted by Gasteiger charge is -2.37. The van der Waals surface area contributed by atoms with Crippen LogP contribution in [0, 0.1) is 12.8 Å². The SMILES string of the molecule is Cc1cc(Nc2ncc(Cl)c(Nc3cn(C)nc3S(=O)CC(C)C)n2)c(OC2CC2)cc1C1CN(C)C1. The van der Waals surface area contributed by atoms with E-state index in [9.17, 15) is 4.21 Å². The smallest absolute Gasteiger partial charge is 0.229 e. The number of aromatic nitrogens is 4. The molecule has 1 atom stereocenters. The number of benzene rings is 1. The van der Waals surface area contributed by atoms with E-state index in [1.165, 1.54) is 11.1 Å². The van der Waals surface area contributed by atoms with Gasteiger partial charge in [-0.1, -0.05) is 25.4 Å². The first-order valence-electron chi connectivity index (χ1n) is 12.6. The van der Waals surface area contributed by atoms with E-state index in [0.717, 1.165) is 37.4 Å². The van der Waals surface area contributed by atoms with Gasteiger partial charge in [-0.25, -0.2) is 4.98 Å². The van der Waals surface area contributed by atoms with Crippen LogP contribution in [0.4, 0.5) is 23.1 Å². The van der Waals surface area contributed by atoms with Crippen LogP contribution in [0.25, 0.3) is 0 Å². The van der Waals surface area contributed by atoms with Crippen molar-refractivity contribution in [3.63, 3.8) is 0 Å². The molecule has 198 valence electrons. The van der Waals surface area contributed by atoms with Crippen molar-refractivity contribution in [3.05, 3.63) is 40.7 Å². The highest BCUT2D eigenvalue weighted by atomic mass is 35.5.